The lowest BCUT2D eigenvalue weighted by molar-refractivity contribution is 0.612. The third-order valence-corrected chi connectivity index (χ3v) is 3.39. The van der Waals surface area contributed by atoms with Gasteiger partial charge in [-0.3, -0.25) is 0 Å². The maximum Gasteiger partial charge on any atom is 0.172 e. The highest BCUT2D eigenvalue weighted by Gasteiger charge is 2.15. The summed E-state index contributed by atoms with van der Waals surface area (Å²) in [7, 11) is 0. The second-order valence-electron chi connectivity index (χ2n) is 4.56. The van der Waals surface area contributed by atoms with Crippen LogP contribution in [0.1, 0.15) is 11.1 Å². The first kappa shape index (κ1) is 11.6. The molecule has 1 heterocycles. The predicted molar refractivity (Wildman–Crippen MR) is 72.7 cm³/mol. The van der Waals surface area contributed by atoms with Crippen LogP contribution in [0.4, 0.5) is 10.1 Å². The first-order valence-electron chi connectivity index (χ1n) is 5.95. The van der Waals surface area contributed by atoms with Gasteiger partial charge in [-0.25, -0.2) is 9.07 Å². The van der Waals surface area contributed by atoms with Gasteiger partial charge in [-0.15, -0.1) is 5.10 Å². The van der Waals surface area contributed by atoms with E-state index >= 15 is 0 Å². The van der Waals surface area contributed by atoms with Crippen LogP contribution >= 0.6 is 0 Å². The molecule has 0 amide bonds. The van der Waals surface area contributed by atoms with Crippen molar-refractivity contribution in [1.29, 1.82) is 0 Å². The van der Waals surface area contributed by atoms with Crippen molar-refractivity contribution in [3.05, 3.63) is 47.3 Å². The summed E-state index contributed by atoms with van der Waals surface area (Å²) in [6, 6.07) is 9.15. The highest BCUT2D eigenvalue weighted by Crippen LogP contribution is 2.27. The Morgan fingerprint density at radius 2 is 1.95 bits per heavy atom. The van der Waals surface area contributed by atoms with Crippen molar-refractivity contribution in [2.24, 2.45) is 0 Å². The number of halogens is 1. The first-order chi connectivity index (χ1) is 9.09. The summed E-state index contributed by atoms with van der Waals surface area (Å²) < 4.78 is 15.8. The van der Waals surface area contributed by atoms with Crippen LogP contribution in [0, 0.1) is 19.7 Å². The Kier molecular flexibility index (Phi) is 2.48. The monoisotopic (exact) mass is 256 g/mol. The number of nitrogens with two attached hydrogens (primary N) is 1. The third kappa shape index (κ3) is 1.66. The van der Waals surface area contributed by atoms with Crippen molar-refractivity contribution in [3.8, 4) is 5.69 Å². The second kappa shape index (κ2) is 4.05. The van der Waals surface area contributed by atoms with Gasteiger partial charge in [0.15, 0.2) is 5.82 Å². The van der Waals surface area contributed by atoms with Gasteiger partial charge in [0.2, 0.25) is 0 Å². The lowest BCUT2D eigenvalue weighted by Crippen LogP contribution is -2.06. The van der Waals surface area contributed by atoms with E-state index in [-0.39, 0.29) is 5.69 Å². The average molecular weight is 256 g/mol. The standard InChI is InChI=1S/C14H13FN4/c1-8-7-12(13(15)14(16)9(8)2)19-11-6-4-3-5-10(11)17-18-19/h3-7H,16H2,1-2H3. The molecule has 1 aromatic heterocycles. The quantitative estimate of drug-likeness (QED) is 0.681. The second-order valence-corrected chi connectivity index (χ2v) is 4.56. The van der Waals surface area contributed by atoms with Crippen LogP contribution in [0.3, 0.4) is 0 Å². The fraction of sp³-hybridized carbons (Fsp3) is 0.143. The highest BCUT2D eigenvalue weighted by atomic mass is 19.1. The number of aryl methyl sites for hydroxylation is 1. The average Bonchev–Trinajstić information content (AvgIpc) is 2.84. The molecular weight excluding hydrogens is 243 g/mol. The third-order valence-electron chi connectivity index (χ3n) is 3.39. The number of para-hydroxylation sites is 1. The lowest BCUT2D eigenvalue weighted by atomic mass is 10.1. The molecule has 0 fully saturated rings. The molecule has 0 bridgehead atoms. The molecule has 3 aromatic rings. The zero-order valence-electron chi connectivity index (χ0n) is 10.7. The SMILES string of the molecule is Cc1cc(-n2nnc3ccccc32)c(F)c(N)c1C. The summed E-state index contributed by atoms with van der Waals surface area (Å²) in [6.07, 6.45) is 0. The molecule has 96 valence electrons. The number of nitrogens with zero attached hydrogens (tertiary/aromatic N) is 3. The largest absolute Gasteiger partial charge is 0.396 e. The summed E-state index contributed by atoms with van der Waals surface area (Å²) in [5.74, 6) is -0.459. The molecule has 0 aliphatic rings. The van der Waals surface area contributed by atoms with Crippen molar-refractivity contribution in [1.82, 2.24) is 15.0 Å². The van der Waals surface area contributed by atoms with E-state index < -0.39 is 5.82 Å². The van der Waals surface area contributed by atoms with Crippen molar-refractivity contribution in [2.75, 3.05) is 5.73 Å². The molecule has 0 radical (unpaired) electrons. The molecule has 0 saturated carbocycles. The van der Waals surface area contributed by atoms with Crippen LogP contribution in [0.5, 0.6) is 0 Å². The van der Waals surface area contributed by atoms with Gasteiger partial charge in [0, 0.05) is 0 Å². The molecule has 2 N–H and O–H groups in total. The van der Waals surface area contributed by atoms with Gasteiger partial charge in [0.1, 0.15) is 11.2 Å². The van der Waals surface area contributed by atoms with Gasteiger partial charge < -0.3 is 5.73 Å². The Bertz CT molecular complexity index is 776. The minimum Gasteiger partial charge on any atom is -0.396 e. The molecule has 5 heteroatoms. The summed E-state index contributed by atoms with van der Waals surface area (Å²) in [5, 5.41) is 8.03. The van der Waals surface area contributed by atoms with E-state index in [1.54, 1.807) is 13.0 Å². The van der Waals surface area contributed by atoms with Gasteiger partial charge in [-0.2, -0.15) is 0 Å². The van der Waals surface area contributed by atoms with Crippen molar-refractivity contribution >= 4 is 16.7 Å². The van der Waals surface area contributed by atoms with Crippen molar-refractivity contribution in [2.45, 2.75) is 13.8 Å². The zero-order chi connectivity index (χ0) is 13.6. The van der Waals surface area contributed by atoms with Gasteiger partial charge in [-0.1, -0.05) is 17.3 Å². The Morgan fingerprint density at radius 1 is 1.21 bits per heavy atom. The molecule has 19 heavy (non-hydrogen) atoms. The number of rotatable bonds is 1. The van der Waals surface area contributed by atoms with Gasteiger partial charge in [0.25, 0.3) is 0 Å². The van der Waals surface area contributed by atoms with Crippen LogP contribution in [0.25, 0.3) is 16.7 Å². The first-order valence-corrected chi connectivity index (χ1v) is 5.95. The maximum atomic E-state index is 14.3. The minimum atomic E-state index is -0.459. The van der Waals surface area contributed by atoms with E-state index in [1.807, 2.05) is 31.2 Å². The fourth-order valence-electron chi connectivity index (χ4n) is 2.09. The topological polar surface area (TPSA) is 56.7 Å². The number of aromatic nitrogens is 3. The molecule has 3 rings (SSSR count). The number of hydrogen-bond acceptors (Lipinski definition) is 3. The summed E-state index contributed by atoms with van der Waals surface area (Å²) in [6.45, 7) is 3.70. The molecule has 0 unspecified atom stereocenters. The maximum absolute atomic E-state index is 14.3. The van der Waals surface area contributed by atoms with E-state index in [4.69, 9.17) is 5.73 Å². The van der Waals surface area contributed by atoms with E-state index in [0.29, 0.717) is 5.69 Å². The Morgan fingerprint density at radius 3 is 2.74 bits per heavy atom. The van der Waals surface area contributed by atoms with Crippen LogP contribution in [0.15, 0.2) is 30.3 Å². The Hall–Kier alpha value is -2.43. The van der Waals surface area contributed by atoms with Gasteiger partial charge in [0.05, 0.1) is 11.2 Å². The van der Waals surface area contributed by atoms with E-state index in [9.17, 15) is 4.39 Å². The fourth-order valence-corrected chi connectivity index (χ4v) is 2.09. The Labute approximate surface area is 109 Å². The molecule has 0 saturated heterocycles. The van der Waals surface area contributed by atoms with Crippen LogP contribution in [-0.2, 0) is 0 Å². The van der Waals surface area contributed by atoms with E-state index in [1.165, 1.54) is 4.68 Å². The number of anilines is 1. The van der Waals surface area contributed by atoms with Gasteiger partial charge in [-0.05, 0) is 43.2 Å². The number of nitrogen functional groups attached to an aromatic ring is 1. The molecule has 0 aliphatic heterocycles. The molecule has 4 nitrogen and oxygen atoms in total. The van der Waals surface area contributed by atoms with Crippen molar-refractivity contribution < 1.29 is 4.39 Å². The summed E-state index contributed by atoms with van der Waals surface area (Å²) in [4.78, 5) is 0. The van der Waals surface area contributed by atoms with Gasteiger partial charge >= 0.3 is 0 Å². The lowest BCUT2D eigenvalue weighted by Gasteiger charge is -2.11. The molecule has 0 aliphatic carbocycles. The zero-order valence-corrected chi connectivity index (χ0v) is 10.7. The van der Waals surface area contributed by atoms with Crippen LogP contribution < -0.4 is 5.73 Å². The predicted octanol–water partition coefficient (Wildman–Crippen LogP) is 2.76. The van der Waals surface area contributed by atoms with E-state index in [0.717, 1.165) is 22.2 Å². The van der Waals surface area contributed by atoms with Crippen LogP contribution in [-0.4, -0.2) is 15.0 Å². The number of hydrogen-bond donors (Lipinski definition) is 1. The molecule has 0 atom stereocenters. The van der Waals surface area contributed by atoms with Crippen molar-refractivity contribution in [3.63, 3.8) is 0 Å². The minimum absolute atomic E-state index is 0.162. The summed E-state index contributed by atoms with van der Waals surface area (Å²) >= 11 is 0. The number of fused-ring (bicyclic) bond motifs is 1. The molecule has 0 spiro atoms. The highest BCUT2D eigenvalue weighted by molar-refractivity contribution is 5.76. The molecule has 2 aromatic carbocycles. The summed E-state index contributed by atoms with van der Waals surface area (Å²) in [5.41, 5.74) is 9.44. The van der Waals surface area contributed by atoms with Crippen LogP contribution in [0.2, 0.25) is 0 Å². The number of benzene rings is 2. The molecular formula is C14H13FN4. The normalized spacial score (nSPS) is 11.1. The smallest absolute Gasteiger partial charge is 0.172 e. The Balaban J connectivity index is 2.34. The van der Waals surface area contributed by atoms with E-state index in [2.05, 4.69) is 10.3 Å².